The number of nitrogens with two attached hydrogens (primary N) is 1. The fourth-order valence-electron chi connectivity index (χ4n) is 2.19. The normalized spacial score (nSPS) is 12.5. The van der Waals surface area contributed by atoms with E-state index in [-0.39, 0.29) is 6.04 Å². The van der Waals surface area contributed by atoms with Crippen molar-refractivity contribution in [1.82, 2.24) is 4.98 Å². The van der Waals surface area contributed by atoms with Gasteiger partial charge in [0.2, 0.25) is 0 Å². The Morgan fingerprint density at radius 3 is 2.65 bits per heavy atom. The van der Waals surface area contributed by atoms with E-state index in [1.807, 2.05) is 18.2 Å². The average molecular weight is 300 g/mol. The van der Waals surface area contributed by atoms with Gasteiger partial charge in [0.1, 0.15) is 0 Å². The van der Waals surface area contributed by atoms with Gasteiger partial charge in [-0.1, -0.05) is 30.3 Å². The first-order valence-electron chi connectivity index (χ1n) is 6.53. The van der Waals surface area contributed by atoms with E-state index in [9.17, 15) is 0 Å². The summed E-state index contributed by atoms with van der Waals surface area (Å²) < 4.78 is 0. The molecule has 2 N–H and O–H groups in total. The zero-order chi connectivity index (χ0) is 13.9. The van der Waals surface area contributed by atoms with E-state index in [0.29, 0.717) is 0 Å². The van der Waals surface area contributed by atoms with Crippen LogP contribution in [0.25, 0.3) is 11.3 Å². The number of thiazole rings is 1. The first-order chi connectivity index (χ1) is 9.74. The van der Waals surface area contributed by atoms with E-state index >= 15 is 0 Å². The van der Waals surface area contributed by atoms with Gasteiger partial charge in [-0.3, -0.25) is 0 Å². The predicted octanol–water partition coefficient (Wildman–Crippen LogP) is 4.42. The minimum absolute atomic E-state index is 0.0461. The van der Waals surface area contributed by atoms with Crippen LogP contribution in [0.15, 0.2) is 47.2 Å². The second-order valence-corrected chi connectivity index (χ2v) is 6.66. The van der Waals surface area contributed by atoms with Gasteiger partial charge in [-0.25, -0.2) is 4.98 Å². The van der Waals surface area contributed by atoms with Gasteiger partial charge in [0, 0.05) is 28.3 Å². The molecule has 2 heterocycles. The van der Waals surface area contributed by atoms with E-state index < -0.39 is 0 Å². The molecule has 102 valence electrons. The monoisotopic (exact) mass is 300 g/mol. The van der Waals surface area contributed by atoms with Gasteiger partial charge >= 0.3 is 0 Å². The lowest BCUT2D eigenvalue weighted by Crippen LogP contribution is -2.12. The first-order valence-corrected chi connectivity index (χ1v) is 8.29. The van der Waals surface area contributed by atoms with Crippen LogP contribution in [0.2, 0.25) is 0 Å². The Morgan fingerprint density at radius 2 is 1.95 bits per heavy atom. The maximum Gasteiger partial charge on any atom is 0.0951 e. The highest BCUT2D eigenvalue weighted by atomic mass is 32.1. The first kappa shape index (κ1) is 13.5. The molecule has 2 nitrogen and oxygen atoms in total. The highest BCUT2D eigenvalue weighted by Crippen LogP contribution is 2.28. The standard InChI is InChI=1S/C16H16N2S2/c1-11-7-8-19-16(11)13(17)9-15-18-14(10-20-15)12-5-3-2-4-6-12/h2-8,10,13H,9,17H2,1H3. The molecule has 4 heteroatoms. The fourth-order valence-corrected chi connectivity index (χ4v) is 3.99. The van der Waals surface area contributed by atoms with Crippen LogP contribution < -0.4 is 5.73 Å². The second-order valence-electron chi connectivity index (χ2n) is 4.77. The molecule has 0 bridgehead atoms. The molecule has 0 aliphatic heterocycles. The number of nitrogens with zero attached hydrogens (tertiary/aromatic N) is 1. The summed E-state index contributed by atoms with van der Waals surface area (Å²) >= 11 is 3.42. The molecular weight excluding hydrogens is 284 g/mol. The van der Waals surface area contributed by atoms with E-state index in [2.05, 4.69) is 35.9 Å². The Bertz CT molecular complexity index is 685. The summed E-state index contributed by atoms with van der Waals surface area (Å²) in [6, 6.07) is 12.4. The molecule has 1 aromatic carbocycles. The molecule has 1 unspecified atom stereocenters. The summed E-state index contributed by atoms with van der Waals surface area (Å²) in [7, 11) is 0. The van der Waals surface area contributed by atoms with E-state index in [0.717, 1.165) is 22.7 Å². The Morgan fingerprint density at radius 1 is 1.15 bits per heavy atom. The third-order valence-electron chi connectivity index (χ3n) is 3.25. The fraction of sp³-hybridized carbons (Fsp3) is 0.188. The van der Waals surface area contributed by atoms with Crippen LogP contribution in [0.4, 0.5) is 0 Å². The van der Waals surface area contributed by atoms with Crippen molar-refractivity contribution in [2.45, 2.75) is 19.4 Å². The van der Waals surface area contributed by atoms with Gasteiger partial charge in [-0.15, -0.1) is 22.7 Å². The van der Waals surface area contributed by atoms with Crippen molar-refractivity contribution in [3.05, 3.63) is 62.6 Å². The van der Waals surface area contributed by atoms with E-state index in [4.69, 9.17) is 10.7 Å². The van der Waals surface area contributed by atoms with Crippen molar-refractivity contribution in [3.8, 4) is 11.3 Å². The maximum absolute atomic E-state index is 6.30. The number of aromatic nitrogens is 1. The average Bonchev–Trinajstić information content (AvgIpc) is 3.09. The molecule has 20 heavy (non-hydrogen) atoms. The van der Waals surface area contributed by atoms with Crippen LogP contribution in [0.1, 0.15) is 21.5 Å². The summed E-state index contributed by atoms with van der Waals surface area (Å²) in [4.78, 5) is 5.97. The number of aryl methyl sites for hydroxylation is 1. The Balaban J connectivity index is 1.76. The summed E-state index contributed by atoms with van der Waals surface area (Å²) in [5.41, 5.74) is 9.78. The molecule has 3 aromatic rings. The smallest absolute Gasteiger partial charge is 0.0951 e. The lowest BCUT2D eigenvalue weighted by molar-refractivity contribution is 0.728. The van der Waals surface area contributed by atoms with Gasteiger partial charge < -0.3 is 5.73 Å². The quantitative estimate of drug-likeness (QED) is 0.774. The third kappa shape index (κ3) is 2.82. The van der Waals surface area contributed by atoms with Crippen LogP contribution in [-0.4, -0.2) is 4.98 Å². The Labute approximate surface area is 126 Å². The van der Waals surface area contributed by atoms with Crippen molar-refractivity contribution in [1.29, 1.82) is 0 Å². The Hall–Kier alpha value is -1.49. The van der Waals surface area contributed by atoms with Crippen molar-refractivity contribution in [3.63, 3.8) is 0 Å². The lowest BCUT2D eigenvalue weighted by Gasteiger charge is -2.08. The number of thiophene rings is 1. The molecule has 0 aliphatic rings. The van der Waals surface area contributed by atoms with Gasteiger partial charge in [-0.05, 0) is 23.9 Å². The third-order valence-corrected chi connectivity index (χ3v) is 5.28. The predicted molar refractivity (Wildman–Crippen MR) is 87.2 cm³/mol. The van der Waals surface area contributed by atoms with Gasteiger partial charge in [-0.2, -0.15) is 0 Å². The number of rotatable bonds is 4. The topological polar surface area (TPSA) is 38.9 Å². The lowest BCUT2D eigenvalue weighted by atomic mass is 10.1. The second kappa shape index (κ2) is 5.87. The molecular formula is C16H16N2S2. The highest BCUT2D eigenvalue weighted by molar-refractivity contribution is 7.10. The van der Waals surface area contributed by atoms with Crippen molar-refractivity contribution >= 4 is 22.7 Å². The van der Waals surface area contributed by atoms with Crippen LogP contribution in [0.5, 0.6) is 0 Å². The van der Waals surface area contributed by atoms with Gasteiger partial charge in [0.15, 0.2) is 0 Å². The molecule has 0 saturated heterocycles. The van der Waals surface area contributed by atoms with Crippen molar-refractivity contribution in [2.24, 2.45) is 5.73 Å². The van der Waals surface area contributed by atoms with Crippen LogP contribution >= 0.6 is 22.7 Å². The summed E-state index contributed by atoms with van der Waals surface area (Å²) in [5.74, 6) is 0. The van der Waals surface area contributed by atoms with Crippen LogP contribution in [0.3, 0.4) is 0 Å². The van der Waals surface area contributed by atoms with Gasteiger partial charge in [0.05, 0.1) is 10.7 Å². The molecule has 0 spiro atoms. The molecule has 0 radical (unpaired) electrons. The molecule has 0 aliphatic carbocycles. The molecule has 0 fully saturated rings. The minimum atomic E-state index is 0.0461. The molecule has 3 rings (SSSR count). The number of hydrogen-bond donors (Lipinski definition) is 1. The largest absolute Gasteiger partial charge is 0.323 e. The van der Waals surface area contributed by atoms with Gasteiger partial charge in [0.25, 0.3) is 0 Å². The SMILES string of the molecule is Cc1ccsc1C(N)Cc1nc(-c2ccccc2)cs1. The molecule has 0 amide bonds. The molecule has 1 atom stereocenters. The summed E-state index contributed by atoms with van der Waals surface area (Å²) in [6.45, 7) is 2.11. The zero-order valence-electron chi connectivity index (χ0n) is 11.2. The number of hydrogen-bond acceptors (Lipinski definition) is 4. The van der Waals surface area contributed by atoms with Crippen molar-refractivity contribution in [2.75, 3.05) is 0 Å². The molecule has 0 saturated carbocycles. The van der Waals surface area contributed by atoms with Crippen molar-refractivity contribution < 1.29 is 0 Å². The maximum atomic E-state index is 6.30. The zero-order valence-corrected chi connectivity index (χ0v) is 12.9. The highest BCUT2D eigenvalue weighted by Gasteiger charge is 2.13. The van der Waals surface area contributed by atoms with Crippen LogP contribution in [-0.2, 0) is 6.42 Å². The minimum Gasteiger partial charge on any atom is -0.323 e. The van der Waals surface area contributed by atoms with Crippen LogP contribution in [0, 0.1) is 6.92 Å². The number of benzene rings is 1. The van der Waals surface area contributed by atoms with E-state index in [1.54, 1.807) is 22.7 Å². The molecule has 2 aromatic heterocycles. The Kier molecular flexibility index (Phi) is 3.96. The van der Waals surface area contributed by atoms with E-state index in [1.165, 1.54) is 10.4 Å². The summed E-state index contributed by atoms with van der Waals surface area (Å²) in [5, 5.41) is 5.31. The summed E-state index contributed by atoms with van der Waals surface area (Å²) in [6.07, 6.45) is 0.804.